The van der Waals surface area contributed by atoms with Gasteiger partial charge in [-0.1, -0.05) is 0 Å². The number of nitrogens with zero attached hydrogens (tertiary/aromatic N) is 2. The summed E-state index contributed by atoms with van der Waals surface area (Å²) >= 11 is 0. The lowest BCUT2D eigenvalue weighted by molar-refractivity contribution is 0.0794. The molecule has 21 heavy (non-hydrogen) atoms. The van der Waals surface area contributed by atoms with Gasteiger partial charge in [0, 0.05) is 38.6 Å². The molecule has 6 heteroatoms. The van der Waals surface area contributed by atoms with Gasteiger partial charge in [0.15, 0.2) is 0 Å². The monoisotopic (exact) mass is 297 g/mol. The smallest absolute Gasteiger partial charge is 0.232 e. The van der Waals surface area contributed by atoms with Gasteiger partial charge < -0.3 is 19.5 Å². The van der Waals surface area contributed by atoms with Gasteiger partial charge in [0.25, 0.3) is 0 Å². The molecule has 6 nitrogen and oxygen atoms in total. The maximum absolute atomic E-state index is 5.53. The van der Waals surface area contributed by atoms with Gasteiger partial charge >= 0.3 is 0 Å². The molecule has 1 N–H and O–H groups in total. The standard InChI is InChI=1S/C15H27N3O3/c1-15(2,3)17-11-13-10-16-12-14(18-13)21-9-8-20-7-5-6-19-4/h10,12,17H,5-9,11H2,1-4H3. The minimum Gasteiger partial charge on any atom is -0.474 e. The Morgan fingerprint density at radius 2 is 1.90 bits per heavy atom. The highest BCUT2D eigenvalue weighted by Crippen LogP contribution is 2.07. The second kappa shape index (κ2) is 9.65. The summed E-state index contributed by atoms with van der Waals surface area (Å²) in [5.41, 5.74) is 0.914. The van der Waals surface area contributed by atoms with E-state index in [4.69, 9.17) is 14.2 Å². The molecule has 0 saturated heterocycles. The molecule has 0 aromatic carbocycles. The molecule has 0 aliphatic carbocycles. The van der Waals surface area contributed by atoms with Crippen molar-refractivity contribution in [3.05, 3.63) is 18.1 Å². The predicted octanol–water partition coefficient (Wildman–Crippen LogP) is 1.80. The van der Waals surface area contributed by atoms with Gasteiger partial charge in [0.1, 0.15) is 6.61 Å². The van der Waals surface area contributed by atoms with E-state index < -0.39 is 0 Å². The number of methoxy groups -OCH3 is 1. The maximum atomic E-state index is 5.53. The molecule has 0 atom stereocenters. The van der Waals surface area contributed by atoms with Crippen LogP contribution in [0.2, 0.25) is 0 Å². The zero-order valence-electron chi connectivity index (χ0n) is 13.5. The molecular formula is C15H27N3O3. The summed E-state index contributed by atoms with van der Waals surface area (Å²) in [5, 5.41) is 3.37. The first-order chi connectivity index (χ1) is 10.0. The summed E-state index contributed by atoms with van der Waals surface area (Å²) in [5.74, 6) is 0.531. The van der Waals surface area contributed by atoms with Crippen LogP contribution in [0.5, 0.6) is 5.88 Å². The molecule has 0 unspecified atom stereocenters. The van der Waals surface area contributed by atoms with Crippen LogP contribution in [-0.2, 0) is 16.0 Å². The first kappa shape index (κ1) is 17.8. The highest BCUT2D eigenvalue weighted by Gasteiger charge is 2.09. The first-order valence-corrected chi connectivity index (χ1v) is 7.27. The van der Waals surface area contributed by atoms with Crippen molar-refractivity contribution in [1.29, 1.82) is 0 Å². The van der Waals surface area contributed by atoms with E-state index >= 15 is 0 Å². The van der Waals surface area contributed by atoms with Crippen LogP contribution in [-0.4, -0.2) is 49.0 Å². The van der Waals surface area contributed by atoms with Gasteiger partial charge in [-0.3, -0.25) is 4.98 Å². The highest BCUT2D eigenvalue weighted by atomic mass is 16.5. The molecular weight excluding hydrogens is 270 g/mol. The number of nitrogens with one attached hydrogen (secondary N) is 1. The number of hydrogen-bond acceptors (Lipinski definition) is 6. The van der Waals surface area contributed by atoms with Crippen LogP contribution < -0.4 is 10.1 Å². The van der Waals surface area contributed by atoms with Crippen molar-refractivity contribution in [2.24, 2.45) is 0 Å². The second-order valence-corrected chi connectivity index (χ2v) is 5.76. The third-order valence-electron chi connectivity index (χ3n) is 2.58. The molecule has 120 valence electrons. The second-order valence-electron chi connectivity index (χ2n) is 5.76. The van der Waals surface area contributed by atoms with Crippen LogP contribution in [0.15, 0.2) is 12.4 Å². The Bertz CT molecular complexity index is 394. The fourth-order valence-corrected chi connectivity index (χ4v) is 1.51. The maximum Gasteiger partial charge on any atom is 0.232 e. The molecule has 0 saturated carbocycles. The number of aromatic nitrogens is 2. The van der Waals surface area contributed by atoms with Gasteiger partial charge in [0.05, 0.1) is 18.5 Å². The molecule has 1 heterocycles. The SMILES string of the molecule is COCCCOCCOc1cncc(CNC(C)(C)C)n1. The van der Waals surface area contributed by atoms with Crippen molar-refractivity contribution in [2.75, 3.05) is 33.5 Å². The van der Waals surface area contributed by atoms with Gasteiger partial charge in [0.2, 0.25) is 5.88 Å². The highest BCUT2D eigenvalue weighted by molar-refractivity contribution is 5.08. The Morgan fingerprint density at radius 3 is 2.62 bits per heavy atom. The molecule has 0 fully saturated rings. The van der Waals surface area contributed by atoms with Gasteiger partial charge in [-0.25, -0.2) is 4.98 Å². The normalized spacial score (nSPS) is 11.6. The van der Waals surface area contributed by atoms with Crippen LogP contribution in [0, 0.1) is 0 Å². The van der Waals surface area contributed by atoms with Crippen molar-refractivity contribution in [3.63, 3.8) is 0 Å². The zero-order valence-corrected chi connectivity index (χ0v) is 13.5. The molecule has 0 radical (unpaired) electrons. The Balaban J connectivity index is 2.23. The van der Waals surface area contributed by atoms with Crippen molar-refractivity contribution in [1.82, 2.24) is 15.3 Å². The van der Waals surface area contributed by atoms with E-state index in [9.17, 15) is 0 Å². The summed E-state index contributed by atoms with van der Waals surface area (Å²) in [6.45, 7) is 9.41. The lowest BCUT2D eigenvalue weighted by Crippen LogP contribution is -2.35. The van der Waals surface area contributed by atoms with E-state index in [1.165, 1.54) is 0 Å². The van der Waals surface area contributed by atoms with E-state index in [1.807, 2.05) is 0 Å². The van der Waals surface area contributed by atoms with Crippen molar-refractivity contribution < 1.29 is 14.2 Å². The third kappa shape index (κ3) is 9.33. The molecule has 0 aliphatic heterocycles. The largest absolute Gasteiger partial charge is 0.474 e. The van der Waals surface area contributed by atoms with Crippen LogP contribution in [0.4, 0.5) is 0 Å². The van der Waals surface area contributed by atoms with E-state index in [2.05, 4.69) is 36.1 Å². The number of rotatable bonds is 10. The lowest BCUT2D eigenvalue weighted by atomic mass is 10.1. The molecule has 0 aliphatic rings. The van der Waals surface area contributed by atoms with Gasteiger partial charge in [-0.05, 0) is 27.2 Å². The van der Waals surface area contributed by atoms with Crippen molar-refractivity contribution in [2.45, 2.75) is 39.3 Å². The topological polar surface area (TPSA) is 65.5 Å². The fraction of sp³-hybridized carbons (Fsp3) is 0.733. The zero-order chi connectivity index (χ0) is 15.6. The van der Waals surface area contributed by atoms with Gasteiger partial charge in [-0.2, -0.15) is 0 Å². The Labute approximate surface area is 127 Å². The van der Waals surface area contributed by atoms with E-state index in [0.717, 1.165) is 18.7 Å². The van der Waals surface area contributed by atoms with Crippen LogP contribution in [0.3, 0.4) is 0 Å². The Hall–Kier alpha value is -1.24. The first-order valence-electron chi connectivity index (χ1n) is 7.27. The molecule has 0 spiro atoms. The molecule has 1 rings (SSSR count). The van der Waals surface area contributed by atoms with Crippen LogP contribution in [0.1, 0.15) is 32.9 Å². The fourth-order valence-electron chi connectivity index (χ4n) is 1.51. The average Bonchev–Trinajstić information content (AvgIpc) is 2.44. The third-order valence-corrected chi connectivity index (χ3v) is 2.58. The number of ether oxygens (including phenoxy) is 3. The Morgan fingerprint density at radius 1 is 1.10 bits per heavy atom. The molecule has 0 amide bonds. The van der Waals surface area contributed by atoms with Crippen molar-refractivity contribution >= 4 is 0 Å². The Kier molecular flexibility index (Phi) is 8.19. The summed E-state index contributed by atoms with van der Waals surface area (Å²) in [4.78, 5) is 8.54. The minimum absolute atomic E-state index is 0.0502. The average molecular weight is 297 g/mol. The van der Waals surface area contributed by atoms with Crippen LogP contribution >= 0.6 is 0 Å². The minimum atomic E-state index is 0.0502. The van der Waals surface area contributed by atoms with Crippen molar-refractivity contribution in [3.8, 4) is 5.88 Å². The summed E-state index contributed by atoms with van der Waals surface area (Å²) < 4.78 is 15.9. The van der Waals surface area contributed by atoms with E-state index in [0.29, 0.717) is 32.2 Å². The van der Waals surface area contributed by atoms with Gasteiger partial charge in [-0.15, -0.1) is 0 Å². The molecule has 1 aromatic heterocycles. The summed E-state index contributed by atoms with van der Waals surface area (Å²) in [7, 11) is 1.68. The van der Waals surface area contributed by atoms with E-state index in [-0.39, 0.29) is 5.54 Å². The van der Waals surface area contributed by atoms with E-state index in [1.54, 1.807) is 19.5 Å². The molecule has 1 aromatic rings. The lowest BCUT2D eigenvalue weighted by Gasteiger charge is -2.20. The molecule has 0 bridgehead atoms. The summed E-state index contributed by atoms with van der Waals surface area (Å²) in [6, 6.07) is 0. The van der Waals surface area contributed by atoms with Crippen LogP contribution in [0.25, 0.3) is 0 Å². The summed E-state index contributed by atoms with van der Waals surface area (Å²) in [6.07, 6.45) is 4.25. The number of hydrogen-bond donors (Lipinski definition) is 1. The quantitative estimate of drug-likeness (QED) is 0.664. The predicted molar refractivity (Wildman–Crippen MR) is 81.4 cm³/mol.